The van der Waals surface area contributed by atoms with Gasteiger partial charge in [-0.05, 0) is 12.8 Å². The molecule has 44 heavy (non-hydrogen) atoms. The van der Waals surface area contributed by atoms with Gasteiger partial charge in [0.1, 0.15) is 12.1 Å². The zero-order valence-corrected chi connectivity index (χ0v) is 28.9. The molecule has 0 amide bonds. The summed E-state index contributed by atoms with van der Waals surface area (Å²) in [6.45, 7) is 3.86. The van der Waals surface area contributed by atoms with Crippen LogP contribution in [0.25, 0.3) is 0 Å². The summed E-state index contributed by atoms with van der Waals surface area (Å²) in [5.41, 5.74) is 5.32. The fraction of sp³-hybridized carbons (Fsp3) is 0.939. The van der Waals surface area contributed by atoms with Crippen molar-refractivity contribution < 1.29 is 42.7 Å². The number of rotatable bonds is 34. The smallest absolute Gasteiger partial charge is 0.472 e. The standard InChI is InChI=1S/C33H66NO9P/c1-3-5-7-9-11-13-15-16-17-19-21-23-25-32(35)43-30(28-41-44(38,39)42-29-31(34)33(36)37)27-40-26-24-22-20-18-14-12-10-8-6-4-2/h30-31H,3-29,34H2,1-2H3,(H,36,37)(H,38,39). The van der Waals surface area contributed by atoms with Crippen LogP contribution in [-0.2, 0) is 32.7 Å². The second-order valence-corrected chi connectivity index (χ2v) is 13.5. The third-order valence-corrected chi connectivity index (χ3v) is 8.59. The summed E-state index contributed by atoms with van der Waals surface area (Å²) in [4.78, 5) is 33.2. The quantitative estimate of drug-likeness (QED) is 0.0350. The maximum atomic E-state index is 12.5. The topological polar surface area (TPSA) is 155 Å². The number of phosphoric acid groups is 1. The molecule has 0 aliphatic carbocycles. The first-order chi connectivity index (χ1) is 21.2. The molecular weight excluding hydrogens is 585 g/mol. The molecule has 0 aliphatic heterocycles. The largest absolute Gasteiger partial charge is 0.480 e. The molecule has 0 fully saturated rings. The van der Waals surface area contributed by atoms with Crippen LogP contribution in [0, 0.1) is 0 Å². The van der Waals surface area contributed by atoms with Crippen LogP contribution in [-0.4, -0.2) is 60.5 Å². The number of hydrogen-bond acceptors (Lipinski definition) is 8. The zero-order valence-electron chi connectivity index (χ0n) is 28.0. The third-order valence-electron chi connectivity index (χ3n) is 7.64. The van der Waals surface area contributed by atoms with Crippen LogP contribution in [0.3, 0.4) is 0 Å². The fourth-order valence-corrected chi connectivity index (χ4v) is 5.62. The first-order valence-electron chi connectivity index (χ1n) is 17.6. The summed E-state index contributed by atoms with van der Waals surface area (Å²) in [5, 5.41) is 8.83. The zero-order chi connectivity index (χ0) is 32.7. The van der Waals surface area contributed by atoms with E-state index in [2.05, 4.69) is 18.4 Å². The van der Waals surface area contributed by atoms with Crippen molar-refractivity contribution in [3.63, 3.8) is 0 Å². The van der Waals surface area contributed by atoms with E-state index < -0.39 is 45.1 Å². The lowest BCUT2D eigenvalue weighted by Gasteiger charge is -2.20. The van der Waals surface area contributed by atoms with Gasteiger partial charge in [-0.25, -0.2) is 4.57 Å². The fourth-order valence-electron chi connectivity index (χ4n) is 4.84. The van der Waals surface area contributed by atoms with Gasteiger partial charge in [-0.3, -0.25) is 18.6 Å². The molecule has 0 aromatic rings. The van der Waals surface area contributed by atoms with Gasteiger partial charge in [0.2, 0.25) is 0 Å². The van der Waals surface area contributed by atoms with Crippen LogP contribution in [0.5, 0.6) is 0 Å². The molecule has 10 nitrogen and oxygen atoms in total. The van der Waals surface area contributed by atoms with Crippen molar-refractivity contribution >= 4 is 19.8 Å². The summed E-state index contributed by atoms with van der Waals surface area (Å²) >= 11 is 0. The van der Waals surface area contributed by atoms with E-state index in [4.69, 9.17) is 24.8 Å². The van der Waals surface area contributed by atoms with Gasteiger partial charge in [-0.2, -0.15) is 0 Å². The molecule has 0 heterocycles. The molecule has 0 aromatic heterocycles. The van der Waals surface area contributed by atoms with Crippen molar-refractivity contribution in [3.8, 4) is 0 Å². The number of nitrogens with two attached hydrogens (primary N) is 1. The summed E-state index contributed by atoms with van der Waals surface area (Å²) in [6.07, 6.45) is 25.8. The Labute approximate surface area is 268 Å². The van der Waals surface area contributed by atoms with E-state index in [0.717, 1.165) is 38.5 Å². The Morgan fingerprint density at radius 2 is 1.05 bits per heavy atom. The molecule has 0 radical (unpaired) electrons. The highest BCUT2D eigenvalue weighted by atomic mass is 31.2. The normalized spacial score (nSPS) is 14.3. The Kier molecular flexibility index (Phi) is 29.9. The number of carbonyl (C=O) groups is 2. The first kappa shape index (κ1) is 43.0. The predicted molar refractivity (Wildman–Crippen MR) is 176 cm³/mol. The van der Waals surface area contributed by atoms with Crippen LogP contribution >= 0.6 is 7.82 Å². The minimum Gasteiger partial charge on any atom is -0.480 e. The summed E-state index contributed by atoms with van der Waals surface area (Å²) in [7, 11) is -4.59. The molecule has 0 spiro atoms. The van der Waals surface area contributed by atoms with E-state index in [1.165, 1.54) is 103 Å². The molecule has 0 aromatic carbocycles. The summed E-state index contributed by atoms with van der Waals surface area (Å²) < 4.78 is 33.1. The third kappa shape index (κ3) is 29.7. The number of unbranched alkanes of at least 4 members (excludes halogenated alkanes) is 20. The van der Waals surface area contributed by atoms with Gasteiger partial charge in [0.25, 0.3) is 0 Å². The molecule has 11 heteroatoms. The van der Waals surface area contributed by atoms with Crippen LogP contribution in [0.15, 0.2) is 0 Å². The van der Waals surface area contributed by atoms with Crippen LogP contribution in [0.1, 0.15) is 162 Å². The molecule has 0 saturated carbocycles. The molecule has 0 aliphatic rings. The van der Waals surface area contributed by atoms with Crippen molar-refractivity contribution in [2.45, 2.75) is 174 Å². The number of phosphoric ester groups is 1. The molecule has 3 atom stereocenters. The molecule has 3 unspecified atom stereocenters. The Morgan fingerprint density at radius 1 is 0.636 bits per heavy atom. The number of carboxylic acid groups (broad SMARTS) is 1. The molecule has 0 bridgehead atoms. The Bertz CT molecular complexity index is 725. The second kappa shape index (κ2) is 30.6. The summed E-state index contributed by atoms with van der Waals surface area (Å²) in [5.74, 6) is -1.77. The molecule has 0 rings (SSSR count). The summed E-state index contributed by atoms with van der Waals surface area (Å²) in [6, 6.07) is -1.47. The van der Waals surface area contributed by atoms with Gasteiger partial charge in [0.05, 0.1) is 19.8 Å². The second-order valence-electron chi connectivity index (χ2n) is 12.0. The molecule has 0 saturated heterocycles. The van der Waals surface area contributed by atoms with Gasteiger partial charge >= 0.3 is 19.8 Å². The van der Waals surface area contributed by atoms with Crippen molar-refractivity contribution in [3.05, 3.63) is 0 Å². The van der Waals surface area contributed by atoms with Crippen LogP contribution in [0.4, 0.5) is 0 Å². The van der Waals surface area contributed by atoms with E-state index in [-0.39, 0.29) is 13.0 Å². The number of hydrogen-bond donors (Lipinski definition) is 3. The number of ether oxygens (including phenoxy) is 2. The van der Waals surface area contributed by atoms with Gasteiger partial charge in [0, 0.05) is 13.0 Å². The van der Waals surface area contributed by atoms with Gasteiger partial charge in [0.15, 0.2) is 0 Å². The highest BCUT2D eigenvalue weighted by Gasteiger charge is 2.27. The Balaban J connectivity index is 4.32. The number of carboxylic acids is 1. The van der Waals surface area contributed by atoms with Crippen molar-refractivity contribution in [1.82, 2.24) is 0 Å². The van der Waals surface area contributed by atoms with E-state index in [1.807, 2.05) is 0 Å². The predicted octanol–water partition coefficient (Wildman–Crippen LogP) is 8.47. The van der Waals surface area contributed by atoms with Crippen LogP contribution in [0.2, 0.25) is 0 Å². The minimum atomic E-state index is -4.59. The minimum absolute atomic E-state index is 0.0241. The monoisotopic (exact) mass is 651 g/mol. The SMILES string of the molecule is CCCCCCCCCCCCCCC(=O)OC(COCCCCCCCCCCCC)COP(=O)(O)OCC(N)C(=O)O. The van der Waals surface area contributed by atoms with Gasteiger partial charge in [-0.1, -0.05) is 142 Å². The lowest BCUT2D eigenvalue weighted by molar-refractivity contribution is -0.154. The lowest BCUT2D eigenvalue weighted by atomic mass is 10.0. The van der Waals surface area contributed by atoms with Crippen molar-refractivity contribution in [1.29, 1.82) is 0 Å². The van der Waals surface area contributed by atoms with Gasteiger partial charge < -0.3 is 25.2 Å². The molecular formula is C33H66NO9P. The lowest BCUT2D eigenvalue weighted by Crippen LogP contribution is -2.34. The van der Waals surface area contributed by atoms with Crippen molar-refractivity contribution in [2.24, 2.45) is 5.73 Å². The molecule has 4 N–H and O–H groups in total. The van der Waals surface area contributed by atoms with E-state index in [9.17, 15) is 19.0 Å². The average molecular weight is 652 g/mol. The van der Waals surface area contributed by atoms with Crippen LogP contribution < -0.4 is 5.73 Å². The maximum absolute atomic E-state index is 12.5. The Morgan fingerprint density at radius 3 is 1.50 bits per heavy atom. The average Bonchev–Trinajstić information content (AvgIpc) is 2.99. The Hall–Kier alpha value is -1.03. The number of carbonyl (C=O) groups excluding carboxylic acids is 1. The molecule has 262 valence electrons. The number of esters is 1. The highest BCUT2D eigenvalue weighted by molar-refractivity contribution is 7.47. The van der Waals surface area contributed by atoms with Crippen molar-refractivity contribution in [2.75, 3.05) is 26.4 Å². The number of aliphatic carboxylic acids is 1. The maximum Gasteiger partial charge on any atom is 0.472 e. The van der Waals surface area contributed by atoms with E-state index in [1.54, 1.807) is 0 Å². The van der Waals surface area contributed by atoms with Gasteiger partial charge in [-0.15, -0.1) is 0 Å². The van der Waals surface area contributed by atoms with E-state index >= 15 is 0 Å². The highest BCUT2D eigenvalue weighted by Crippen LogP contribution is 2.43. The first-order valence-corrected chi connectivity index (χ1v) is 19.1. The van der Waals surface area contributed by atoms with E-state index in [0.29, 0.717) is 6.61 Å².